The predicted octanol–water partition coefficient (Wildman–Crippen LogP) is 2.82. The summed E-state index contributed by atoms with van der Waals surface area (Å²) in [6.45, 7) is 13.7. The molecule has 1 heterocycles. The number of hydrogen-bond donors (Lipinski definition) is 1. The minimum absolute atomic E-state index is 0.0236. The van der Waals surface area contributed by atoms with Crippen molar-refractivity contribution in [1.82, 2.24) is 4.90 Å². The van der Waals surface area contributed by atoms with Crippen molar-refractivity contribution in [1.29, 1.82) is 0 Å². The zero-order chi connectivity index (χ0) is 17.1. The van der Waals surface area contributed by atoms with Gasteiger partial charge in [-0.2, -0.15) is 0 Å². The number of primary amides is 1. The van der Waals surface area contributed by atoms with Crippen LogP contribution in [0.1, 0.15) is 59.8 Å². The average Bonchev–Trinajstić information content (AvgIpc) is 2.58. The van der Waals surface area contributed by atoms with Crippen LogP contribution in [0.3, 0.4) is 0 Å². The first-order valence-corrected chi connectivity index (χ1v) is 8.95. The molecular weight excluding hydrogens is 280 g/mol. The van der Waals surface area contributed by atoms with Crippen LogP contribution in [0.25, 0.3) is 0 Å². The molecule has 0 aromatic heterocycles. The third-order valence-electron chi connectivity index (χ3n) is 3.07. The number of ether oxygens (including phenoxy) is 2. The Morgan fingerprint density at radius 3 is 2.00 bits per heavy atom. The van der Waals surface area contributed by atoms with Crippen molar-refractivity contribution in [2.75, 3.05) is 46.1 Å². The highest BCUT2D eigenvalue weighted by Crippen LogP contribution is 2.07. The number of hydrogen-bond acceptors (Lipinski definition) is 4. The normalized spacial score (nSPS) is 14.4. The summed E-state index contributed by atoms with van der Waals surface area (Å²) in [5.41, 5.74) is 4.95. The van der Waals surface area contributed by atoms with Gasteiger partial charge >= 0.3 is 0 Å². The lowest BCUT2D eigenvalue weighted by atomic mass is 10.1. The molecule has 0 radical (unpaired) electrons. The molecule has 1 amide bonds. The highest BCUT2D eigenvalue weighted by atomic mass is 16.5. The van der Waals surface area contributed by atoms with Gasteiger partial charge in [0, 0.05) is 19.8 Å². The van der Waals surface area contributed by atoms with Gasteiger partial charge in [0.2, 0.25) is 5.91 Å². The highest BCUT2D eigenvalue weighted by molar-refractivity contribution is 5.74. The minimum atomic E-state index is -0.409. The molecule has 0 saturated carbocycles. The molecular formula is C17H38N2O3. The molecule has 0 atom stereocenters. The lowest BCUT2D eigenvalue weighted by Crippen LogP contribution is -2.32. The van der Waals surface area contributed by atoms with Gasteiger partial charge in [0.05, 0.1) is 6.61 Å². The zero-order valence-corrected chi connectivity index (χ0v) is 15.2. The molecule has 0 spiro atoms. The molecule has 1 fully saturated rings. The van der Waals surface area contributed by atoms with E-state index in [1.165, 1.54) is 32.4 Å². The van der Waals surface area contributed by atoms with E-state index in [9.17, 15) is 4.79 Å². The Bertz CT molecular complexity index is 220. The molecule has 0 aromatic rings. The topological polar surface area (TPSA) is 64.8 Å². The largest absolute Gasteiger partial charge is 0.380 e. The van der Waals surface area contributed by atoms with Crippen LogP contribution in [0.2, 0.25) is 0 Å². The molecule has 134 valence electrons. The van der Waals surface area contributed by atoms with Gasteiger partial charge in [-0.25, -0.2) is 0 Å². The summed E-state index contributed by atoms with van der Waals surface area (Å²) in [6, 6.07) is 0. The van der Waals surface area contributed by atoms with Crippen molar-refractivity contribution < 1.29 is 14.3 Å². The zero-order valence-electron chi connectivity index (χ0n) is 15.2. The average molecular weight is 319 g/mol. The highest BCUT2D eigenvalue weighted by Gasteiger charge is 2.08. The Balaban J connectivity index is 0. The van der Waals surface area contributed by atoms with Gasteiger partial charge in [-0.15, -0.1) is 0 Å². The summed E-state index contributed by atoms with van der Waals surface area (Å²) in [5, 5.41) is 0. The van der Waals surface area contributed by atoms with Crippen molar-refractivity contribution >= 4 is 5.91 Å². The Morgan fingerprint density at radius 2 is 1.45 bits per heavy atom. The van der Waals surface area contributed by atoms with E-state index < -0.39 is 5.91 Å². The van der Waals surface area contributed by atoms with Crippen molar-refractivity contribution in [3.63, 3.8) is 0 Å². The fraction of sp³-hybridized carbons (Fsp3) is 0.941. The van der Waals surface area contributed by atoms with Crippen LogP contribution in [0, 0.1) is 0 Å². The number of carbonyl (C=O) groups excluding carboxylic acids is 1. The minimum Gasteiger partial charge on any atom is -0.380 e. The van der Waals surface area contributed by atoms with Crippen LogP contribution in [-0.4, -0.2) is 56.9 Å². The van der Waals surface area contributed by atoms with Crippen LogP contribution >= 0.6 is 0 Å². The van der Waals surface area contributed by atoms with E-state index in [0.29, 0.717) is 6.61 Å². The third kappa shape index (κ3) is 17.4. The molecule has 0 bridgehead atoms. The predicted molar refractivity (Wildman–Crippen MR) is 93.1 cm³/mol. The first kappa shape index (κ1) is 23.6. The second kappa shape index (κ2) is 20.3. The van der Waals surface area contributed by atoms with Crippen LogP contribution < -0.4 is 5.73 Å². The number of piperidine rings is 1. The Kier molecular flexibility index (Phi) is 21.8. The van der Waals surface area contributed by atoms with Crippen LogP contribution in [-0.2, 0) is 14.3 Å². The van der Waals surface area contributed by atoms with E-state index in [-0.39, 0.29) is 6.61 Å². The summed E-state index contributed by atoms with van der Waals surface area (Å²) in [7, 11) is 0. The fourth-order valence-electron chi connectivity index (χ4n) is 2.06. The molecule has 1 saturated heterocycles. The maximum absolute atomic E-state index is 10.4. The molecule has 0 unspecified atom stereocenters. The van der Waals surface area contributed by atoms with E-state index in [0.717, 1.165) is 32.6 Å². The van der Waals surface area contributed by atoms with Crippen molar-refractivity contribution in [2.45, 2.75) is 59.8 Å². The molecule has 1 rings (SSSR count). The van der Waals surface area contributed by atoms with E-state index in [4.69, 9.17) is 15.2 Å². The van der Waals surface area contributed by atoms with Crippen molar-refractivity contribution in [3.8, 4) is 0 Å². The SMILES string of the molecule is CC.CC.NC(=O)COCCCCOCCN1CCCCC1. The van der Waals surface area contributed by atoms with Crippen LogP contribution in [0.5, 0.6) is 0 Å². The Morgan fingerprint density at radius 1 is 0.909 bits per heavy atom. The second-order valence-electron chi connectivity index (χ2n) is 4.74. The molecule has 0 aromatic carbocycles. The monoisotopic (exact) mass is 318 g/mol. The van der Waals surface area contributed by atoms with E-state index in [1.54, 1.807) is 0 Å². The summed E-state index contributed by atoms with van der Waals surface area (Å²) in [4.78, 5) is 12.9. The molecule has 5 nitrogen and oxygen atoms in total. The van der Waals surface area contributed by atoms with Gasteiger partial charge in [0.15, 0.2) is 0 Å². The molecule has 1 aliphatic heterocycles. The number of unbranched alkanes of at least 4 members (excludes halogenated alkanes) is 1. The van der Waals surface area contributed by atoms with Crippen molar-refractivity contribution in [3.05, 3.63) is 0 Å². The summed E-state index contributed by atoms with van der Waals surface area (Å²) >= 11 is 0. The first-order valence-electron chi connectivity index (χ1n) is 8.95. The number of likely N-dealkylation sites (tertiary alicyclic amines) is 1. The number of carbonyl (C=O) groups is 1. The second-order valence-corrected chi connectivity index (χ2v) is 4.74. The fourth-order valence-corrected chi connectivity index (χ4v) is 2.06. The van der Waals surface area contributed by atoms with Crippen LogP contribution in [0.4, 0.5) is 0 Å². The molecule has 2 N–H and O–H groups in total. The first-order chi connectivity index (χ1) is 10.8. The Hall–Kier alpha value is -0.650. The van der Waals surface area contributed by atoms with E-state index >= 15 is 0 Å². The molecule has 22 heavy (non-hydrogen) atoms. The van der Waals surface area contributed by atoms with Gasteiger partial charge < -0.3 is 20.1 Å². The van der Waals surface area contributed by atoms with E-state index in [2.05, 4.69) is 4.90 Å². The van der Waals surface area contributed by atoms with Gasteiger partial charge in [-0.1, -0.05) is 34.1 Å². The van der Waals surface area contributed by atoms with E-state index in [1.807, 2.05) is 27.7 Å². The molecule has 1 aliphatic rings. The molecule has 5 heteroatoms. The van der Waals surface area contributed by atoms with Gasteiger partial charge in [0.1, 0.15) is 6.61 Å². The van der Waals surface area contributed by atoms with Gasteiger partial charge in [-0.3, -0.25) is 4.79 Å². The molecule has 0 aliphatic carbocycles. The van der Waals surface area contributed by atoms with Gasteiger partial charge in [-0.05, 0) is 38.8 Å². The maximum Gasteiger partial charge on any atom is 0.243 e. The van der Waals surface area contributed by atoms with Crippen molar-refractivity contribution in [2.24, 2.45) is 5.73 Å². The smallest absolute Gasteiger partial charge is 0.243 e. The number of amides is 1. The quantitative estimate of drug-likeness (QED) is 0.629. The van der Waals surface area contributed by atoms with Gasteiger partial charge in [0.25, 0.3) is 0 Å². The number of nitrogens with zero attached hydrogens (tertiary/aromatic N) is 1. The summed E-state index contributed by atoms with van der Waals surface area (Å²) < 4.78 is 10.6. The third-order valence-corrected chi connectivity index (χ3v) is 3.07. The van der Waals surface area contributed by atoms with Crippen LogP contribution in [0.15, 0.2) is 0 Å². The number of rotatable bonds is 10. The maximum atomic E-state index is 10.4. The lowest BCUT2D eigenvalue weighted by Gasteiger charge is -2.26. The summed E-state index contributed by atoms with van der Waals surface area (Å²) in [5.74, 6) is -0.409. The Labute approximate surface area is 137 Å². The summed E-state index contributed by atoms with van der Waals surface area (Å²) in [6.07, 6.45) is 5.92. The standard InChI is InChI=1S/C13H26N2O3.2C2H6/c14-13(16)12-18-10-5-4-9-17-11-8-15-6-2-1-3-7-15;2*1-2/h1-12H2,(H2,14,16);2*1-2H3. The number of nitrogens with two attached hydrogens (primary N) is 1. The lowest BCUT2D eigenvalue weighted by molar-refractivity contribution is -0.122.